The molecule has 0 aliphatic rings. The van der Waals surface area contributed by atoms with Crippen molar-refractivity contribution in [2.75, 3.05) is 0 Å². The molecule has 28 aromatic rings. The molecule has 0 N–H and O–H groups in total. The summed E-state index contributed by atoms with van der Waals surface area (Å²) in [5.74, 6) is 0. The summed E-state index contributed by atoms with van der Waals surface area (Å²) in [6.45, 7) is 0. The standard InChI is InChI=1S/C120H74N8/c1-5-29-81(30-6-1)121-105-45-21-13-37-89(105)97-61-65-101-93-41-17-25-49-109(93)125(117(101)113(97)121)85-69-79(70-86(73-85)126-110-50-26-18-42-94(110)102-66-62-98-90-38-14-22-46-106(90)122(114(98)118(102)126)82-31-7-2-8-32-82)77-57-53-75(54-58-77)76-55-59-78(60-56-76)80-71-87(127-111-51-27-19-43-95(111)103-67-63-99-91-39-15-23-47-107(91)123(115(99)119(103)127)83-33-9-3-10-34-83)74-88(72-80)128-112-52-28-20-44-96(112)104-68-64-100-92-40-16-24-48-108(92)124(116(100)120(104)128)84-35-11-4-12-36-84/h1-74H. The molecule has 594 valence electrons. The van der Waals surface area contributed by atoms with Gasteiger partial charge in [0.05, 0.1) is 88.3 Å². The lowest BCUT2D eigenvalue weighted by molar-refractivity contribution is 1.12. The van der Waals surface area contributed by atoms with Gasteiger partial charge in [0, 0.05) is 132 Å². The quantitative estimate of drug-likeness (QED) is 0.124. The van der Waals surface area contributed by atoms with E-state index >= 15 is 0 Å². The van der Waals surface area contributed by atoms with Gasteiger partial charge in [-0.2, -0.15) is 0 Å². The largest absolute Gasteiger partial charge is 0.307 e. The fourth-order valence-corrected chi connectivity index (χ4v) is 22.2. The minimum Gasteiger partial charge on any atom is -0.307 e. The Bertz CT molecular complexity index is 8490. The molecule has 0 radical (unpaired) electrons. The van der Waals surface area contributed by atoms with E-state index in [0.717, 1.165) is 167 Å². The summed E-state index contributed by atoms with van der Waals surface area (Å²) in [5.41, 5.74) is 33.7. The second kappa shape index (κ2) is 27.1. The van der Waals surface area contributed by atoms with E-state index < -0.39 is 0 Å². The van der Waals surface area contributed by atoms with Crippen LogP contribution in [0.5, 0.6) is 0 Å². The molecule has 0 fully saturated rings. The highest BCUT2D eigenvalue weighted by molar-refractivity contribution is 6.29. The molecule has 0 spiro atoms. The van der Waals surface area contributed by atoms with Crippen LogP contribution in [0.25, 0.3) is 253 Å². The summed E-state index contributed by atoms with van der Waals surface area (Å²) in [7, 11) is 0. The van der Waals surface area contributed by atoms with Crippen molar-refractivity contribution < 1.29 is 0 Å². The molecule has 0 bridgehead atoms. The number of nitrogens with zero attached hydrogens (tertiary/aromatic N) is 8. The summed E-state index contributed by atoms with van der Waals surface area (Å²) in [6.07, 6.45) is 0. The SMILES string of the molecule is c1ccc(-n2c3ccccc3c3ccc4c5ccccc5n(-c5cc(-c6ccc(-c7ccc(-c8cc(-n9c%10ccccc%10c%10ccc%11c%12ccccc%12n(-c%12ccccc%12)c%11c%109)cc(-n9c%10ccccc%10c%10ccc%11c%12ccccc%12n(-c%12ccccc%12)c%11c%109)c8)cc7)cc6)cc(-n6c7ccccc7c7ccc8c9ccccc9n(-c9ccccc9)c8c76)c5)c4c32)cc1. The molecular weight excluding hydrogens is 1550 g/mol. The van der Waals surface area contributed by atoms with Crippen molar-refractivity contribution in [2.24, 2.45) is 0 Å². The maximum absolute atomic E-state index is 2.57. The highest BCUT2D eigenvalue weighted by Crippen LogP contribution is 2.50. The summed E-state index contributed by atoms with van der Waals surface area (Å²) in [4.78, 5) is 0. The first-order chi connectivity index (χ1) is 63.6. The average Bonchev–Trinajstić information content (AvgIpc) is 1.55. The van der Waals surface area contributed by atoms with Gasteiger partial charge in [-0.25, -0.2) is 0 Å². The van der Waals surface area contributed by atoms with Crippen LogP contribution in [-0.2, 0) is 0 Å². The maximum atomic E-state index is 2.57. The summed E-state index contributed by atoms with van der Waals surface area (Å²) in [5, 5.41) is 19.2. The van der Waals surface area contributed by atoms with Crippen LogP contribution in [0.2, 0.25) is 0 Å². The fourth-order valence-electron chi connectivity index (χ4n) is 22.2. The molecule has 0 atom stereocenters. The number of hydrogen-bond acceptors (Lipinski definition) is 0. The molecule has 0 aliphatic heterocycles. The molecule has 8 heterocycles. The van der Waals surface area contributed by atoms with Gasteiger partial charge in [-0.3, -0.25) is 0 Å². The van der Waals surface area contributed by atoms with Gasteiger partial charge in [0.15, 0.2) is 0 Å². The number of hydrogen-bond donors (Lipinski definition) is 0. The van der Waals surface area contributed by atoms with E-state index in [2.05, 4.69) is 485 Å². The average molecular weight is 1630 g/mol. The van der Waals surface area contributed by atoms with Gasteiger partial charge in [-0.1, -0.05) is 315 Å². The predicted molar refractivity (Wildman–Crippen MR) is 537 cm³/mol. The Morgan fingerprint density at radius 3 is 0.406 bits per heavy atom. The van der Waals surface area contributed by atoms with Gasteiger partial charge in [-0.05, 0) is 167 Å². The highest BCUT2D eigenvalue weighted by Gasteiger charge is 2.30. The number of benzene rings is 20. The molecule has 8 aromatic heterocycles. The van der Waals surface area contributed by atoms with Crippen LogP contribution in [0.3, 0.4) is 0 Å². The van der Waals surface area contributed by atoms with E-state index in [1.54, 1.807) is 0 Å². The van der Waals surface area contributed by atoms with Crippen molar-refractivity contribution in [1.29, 1.82) is 0 Å². The van der Waals surface area contributed by atoms with Gasteiger partial charge in [0.1, 0.15) is 0 Å². The molecule has 0 saturated heterocycles. The van der Waals surface area contributed by atoms with Crippen LogP contribution in [0.1, 0.15) is 0 Å². The Morgan fingerprint density at radius 2 is 0.234 bits per heavy atom. The second-order valence-corrected chi connectivity index (χ2v) is 34.2. The monoisotopic (exact) mass is 1630 g/mol. The molecule has 8 heteroatoms. The lowest BCUT2D eigenvalue weighted by Crippen LogP contribution is -2.02. The third kappa shape index (κ3) is 10.0. The zero-order valence-corrected chi connectivity index (χ0v) is 69.3. The van der Waals surface area contributed by atoms with E-state index in [1.807, 2.05) is 0 Å². The highest BCUT2D eigenvalue weighted by atomic mass is 15.1. The fraction of sp³-hybridized carbons (Fsp3) is 0. The molecule has 20 aromatic carbocycles. The van der Waals surface area contributed by atoms with Crippen LogP contribution in [-0.4, -0.2) is 36.5 Å². The van der Waals surface area contributed by atoms with Crippen LogP contribution in [0.4, 0.5) is 0 Å². The zero-order valence-electron chi connectivity index (χ0n) is 69.3. The molecular formula is C120H74N8. The number of fused-ring (bicyclic) bond motifs is 28. The number of para-hydroxylation sites is 12. The summed E-state index contributed by atoms with van der Waals surface area (Å²) < 4.78 is 20.2. The van der Waals surface area contributed by atoms with Gasteiger partial charge >= 0.3 is 0 Å². The van der Waals surface area contributed by atoms with Crippen molar-refractivity contribution in [2.45, 2.75) is 0 Å². The minimum atomic E-state index is 1.05. The smallest absolute Gasteiger partial charge is 0.0788 e. The number of aromatic nitrogens is 8. The van der Waals surface area contributed by atoms with E-state index in [4.69, 9.17) is 0 Å². The lowest BCUT2D eigenvalue weighted by Gasteiger charge is -2.18. The van der Waals surface area contributed by atoms with Crippen LogP contribution in [0.15, 0.2) is 449 Å². The third-order valence-electron chi connectivity index (χ3n) is 27.5. The molecule has 8 nitrogen and oxygen atoms in total. The maximum Gasteiger partial charge on any atom is 0.0788 e. The molecule has 0 amide bonds. The van der Waals surface area contributed by atoms with Crippen molar-refractivity contribution in [3.8, 4) is 78.9 Å². The predicted octanol–water partition coefficient (Wildman–Crippen LogP) is 31.5. The summed E-state index contributed by atoms with van der Waals surface area (Å²) >= 11 is 0. The summed E-state index contributed by atoms with van der Waals surface area (Å²) in [6, 6.07) is 168. The first-order valence-electron chi connectivity index (χ1n) is 44.1. The topological polar surface area (TPSA) is 39.4 Å². The lowest BCUT2D eigenvalue weighted by atomic mass is 9.97. The van der Waals surface area contributed by atoms with Crippen LogP contribution >= 0.6 is 0 Å². The molecule has 0 saturated carbocycles. The van der Waals surface area contributed by atoms with Gasteiger partial charge in [-0.15, -0.1) is 0 Å². The van der Waals surface area contributed by atoms with E-state index in [0.29, 0.717) is 0 Å². The van der Waals surface area contributed by atoms with Crippen LogP contribution in [0, 0.1) is 0 Å². The van der Waals surface area contributed by atoms with E-state index in [-0.39, 0.29) is 0 Å². The Balaban J connectivity index is 0.661. The van der Waals surface area contributed by atoms with Crippen molar-refractivity contribution in [3.05, 3.63) is 449 Å². The molecule has 0 unspecified atom stereocenters. The first-order valence-corrected chi connectivity index (χ1v) is 44.1. The Labute approximate surface area is 733 Å². The molecule has 0 aliphatic carbocycles. The van der Waals surface area contributed by atoms with Crippen molar-refractivity contribution >= 4 is 174 Å². The van der Waals surface area contributed by atoms with Gasteiger partial charge in [0.25, 0.3) is 0 Å². The van der Waals surface area contributed by atoms with Gasteiger partial charge < -0.3 is 36.5 Å². The third-order valence-corrected chi connectivity index (χ3v) is 27.5. The minimum absolute atomic E-state index is 1.05. The second-order valence-electron chi connectivity index (χ2n) is 34.2. The molecule has 128 heavy (non-hydrogen) atoms. The van der Waals surface area contributed by atoms with Crippen molar-refractivity contribution in [1.82, 2.24) is 36.5 Å². The Morgan fingerprint density at radius 1 is 0.0938 bits per heavy atom. The van der Waals surface area contributed by atoms with E-state index in [1.165, 1.54) is 86.2 Å². The van der Waals surface area contributed by atoms with Crippen LogP contribution < -0.4 is 0 Å². The Hall–Kier alpha value is -17.2. The molecule has 28 rings (SSSR count). The zero-order chi connectivity index (χ0) is 83.5. The number of rotatable bonds is 11. The Kier molecular flexibility index (Phi) is 14.9. The van der Waals surface area contributed by atoms with Crippen molar-refractivity contribution in [3.63, 3.8) is 0 Å². The normalized spacial score (nSPS) is 12.2. The van der Waals surface area contributed by atoms with Gasteiger partial charge in [0.2, 0.25) is 0 Å². The first kappa shape index (κ1) is 70.3. The van der Waals surface area contributed by atoms with E-state index in [9.17, 15) is 0 Å².